The molecule has 0 spiro atoms. The van der Waals surface area contributed by atoms with Crippen molar-refractivity contribution in [3.8, 4) is 11.8 Å². The lowest BCUT2D eigenvalue weighted by molar-refractivity contribution is -0.130. The van der Waals surface area contributed by atoms with E-state index in [0.717, 1.165) is 12.8 Å². The van der Waals surface area contributed by atoms with Crippen molar-refractivity contribution in [1.82, 2.24) is 0 Å². The van der Waals surface area contributed by atoms with Gasteiger partial charge in [-0.15, -0.1) is 11.8 Å². The second kappa shape index (κ2) is 5.14. The van der Waals surface area contributed by atoms with Crippen LogP contribution >= 0.6 is 7.60 Å². The zero-order valence-electron chi connectivity index (χ0n) is 9.40. The summed E-state index contributed by atoms with van der Waals surface area (Å²) in [6, 6.07) is 0. The van der Waals surface area contributed by atoms with E-state index in [1.807, 2.05) is 6.92 Å². The topological polar surface area (TPSA) is 74.6 Å². The van der Waals surface area contributed by atoms with Gasteiger partial charge in [0.25, 0.3) is 0 Å². The van der Waals surface area contributed by atoms with Crippen LogP contribution in [0.15, 0.2) is 0 Å². The summed E-state index contributed by atoms with van der Waals surface area (Å²) in [5.74, 6) is 5.49. The maximum atomic E-state index is 11.8. The molecule has 5 heteroatoms. The lowest BCUT2D eigenvalue weighted by Crippen LogP contribution is -2.39. The van der Waals surface area contributed by atoms with Gasteiger partial charge in [0.2, 0.25) is 0 Å². The van der Waals surface area contributed by atoms with Crippen LogP contribution in [0.25, 0.3) is 0 Å². The molecule has 0 radical (unpaired) electrons. The summed E-state index contributed by atoms with van der Waals surface area (Å²) < 4.78 is 10.8. The smallest absolute Gasteiger partial charge is 0.324 e. The van der Waals surface area contributed by atoms with Gasteiger partial charge < -0.3 is 9.79 Å². The molecule has 1 fully saturated rings. The second-order valence-electron chi connectivity index (χ2n) is 4.26. The van der Waals surface area contributed by atoms with E-state index >= 15 is 0 Å². The Labute approximate surface area is 95.6 Å². The number of carbonyl (C=O) groups excluding carboxylic acids is 1. The average molecular weight is 244 g/mol. The standard InChI is InChI=1S/C11H17O4P/c1-2-3-4-6-11(7-5-8-11)10(12)9-16(13,14)15/h2,5-9H2,1H3,(H2,13,14,15). The number of rotatable bonds is 4. The van der Waals surface area contributed by atoms with E-state index in [2.05, 4.69) is 11.8 Å². The molecule has 0 bridgehead atoms. The number of ketones is 1. The molecule has 1 aliphatic rings. The van der Waals surface area contributed by atoms with E-state index in [1.165, 1.54) is 0 Å². The minimum Gasteiger partial charge on any atom is -0.324 e. The molecule has 0 unspecified atom stereocenters. The van der Waals surface area contributed by atoms with Gasteiger partial charge in [0.1, 0.15) is 6.16 Å². The maximum Gasteiger partial charge on any atom is 0.332 e. The highest BCUT2D eigenvalue weighted by Gasteiger charge is 2.44. The van der Waals surface area contributed by atoms with Crippen LogP contribution in [-0.2, 0) is 9.36 Å². The zero-order valence-corrected chi connectivity index (χ0v) is 10.3. The summed E-state index contributed by atoms with van der Waals surface area (Å²) in [6.07, 6.45) is 2.92. The van der Waals surface area contributed by atoms with Crippen molar-refractivity contribution in [3.05, 3.63) is 0 Å². The first-order valence-electron chi connectivity index (χ1n) is 5.43. The molecule has 0 aromatic carbocycles. The van der Waals surface area contributed by atoms with Crippen LogP contribution in [0.1, 0.15) is 39.0 Å². The van der Waals surface area contributed by atoms with Gasteiger partial charge in [-0.2, -0.15) is 0 Å². The summed E-state index contributed by atoms with van der Waals surface area (Å²) in [4.78, 5) is 29.4. The number of hydrogen-bond acceptors (Lipinski definition) is 2. The summed E-state index contributed by atoms with van der Waals surface area (Å²) in [5.41, 5.74) is -0.566. The van der Waals surface area contributed by atoms with Gasteiger partial charge in [0, 0.05) is 18.3 Å². The summed E-state index contributed by atoms with van der Waals surface area (Å²) in [6.45, 7) is 1.93. The third-order valence-corrected chi connectivity index (χ3v) is 3.68. The molecule has 16 heavy (non-hydrogen) atoms. The van der Waals surface area contributed by atoms with Crippen molar-refractivity contribution in [1.29, 1.82) is 0 Å². The Morgan fingerprint density at radius 3 is 2.38 bits per heavy atom. The molecular formula is C11H17O4P. The van der Waals surface area contributed by atoms with E-state index in [-0.39, 0.29) is 5.78 Å². The number of carbonyl (C=O) groups is 1. The molecule has 1 rings (SSSR count). The molecule has 1 aliphatic carbocycles. The zero-order chi connectivity index (χ0) is 12.2. The molecule has 0 aliphatic heterocycles. The van der Waals surface area contributed by atoms with Crippen molar-refractivity contribution in [2.45, 2.75) is 39.0 Å². The van der Waals surface area contributed by atoms with Gasteiger partial charge in [0.15, 0.2) is 5.78 Å². The van der Waals surface area contributed by atoms with Gasteiger partial charge in [-0.25, -0.2) is 0 Å². The highest BCUT2D eigenvalue weighted by Crippen LogP contribution is 2.48. The summed E-state index contributed by atoms with van der Waals surface area (Å²) in [5, 5.41) is 0. The van der Waals surface area contributed by atoms with Crippen molar-refractivity contribution < 1.29 is 19.1 Å². The van der Waals surface area contributed by atoms with Crippen LogP contribution in [-0.4, -0.2) is 21.7 Å². The number of hydrogen-bond donors (Lipinski definition) is 2. The normalized spacial score (nSPS) is 18.2. The fourth-order valence-corrected chi connectivity index (χ4v) is 2.58. The quantitative estimate of drug-likeness (QED) is 0.583. The Morgan fingerprint density at radius 1 is 1.38 bits per heavy atom. The Bertz CT molecular complexity index is 367. The molecule has 4 nitrogen and oxygen atoms in total. The maximum absolute atomic E-state index is 11.8. The van der Waals surface area contributed by atoms with Crippen molar-refractivity contribution in [2.24, 2.45) is 5.41 Å². The first-order chi connectivity index (χ1) is 7.40. The molecule has 0 atom stereocenters. The van der Waals surface area contributed by atoms with Crippen LogP contribution in [0.4, 0.5) is 0 Å². The average Bonchev–Trinajstić information content (AvgIpc) is 2.06. The Kier molecular flexibility index (Phi) is 4.32. The first-order valence-corrected chi connectivity index (χ1v) is 7.23. The monoisotopic (exact) mass is 244 g/mol. The third-order valence-electron chi connectivity index (χ3n) is 2.98. The highest BCUT2D eigenvalue weighted by molar-refractivity contribution is 7.52. The van der Waals surface area contributed by atoms with Crippen LogP contribution in [0.5, 0.6) is 0 Å². The van der Waals surface area contributed by atoms with E-state index in [9.17, 15) is 9.36 Å². The van der Waals surface area contributed by atoms with Gasteiger partial charge in [-0.05, 0) is 12.8 Å². The lowest BCUT2D eigenvalue weighted by Gasteiger charge is -2.39. The highest BCUT2D eigenvalue weighted by atomic mass is 31.2. The third kappa shape index (κ3) is 3.45. The Balaban J connectivity index is 2.66. The van der Waals surface area contributed by atoms with Gasteiger partial charge in [-0.3, -0.25) is 9.36 Å². The predicted octanol–water partition coefficient (Wildman–Crippen LogP) is 1.71. The molecule has 0 heterocycles. The molecule has 90 valence electrons. The fourth-order valence-electron chi connectivity index (χ4n) is 1.87. The molecule has 0 saturated heterocycles. The van der Waals surface area contributed by atoms with E-state index in [1.54, 1.807) is 0 Å². The predicted molar refractivity (Wildman–Crippen MR) is 60.9 cm³/mol. The number of Topliss-reactive ketones (excluding diaryl/α,β-unsaturated/α-hetero) is 1. The molecule has 0 aromatic rings. The second-order valence-corrected chi connectivity index (χ2v) is 5.91. The van der Waals surface area contributed by atoms with Gasteiger partial charge >= 0.3 is 7.60 Å². The fraction of sp³-hybridized carbons (Fsp3) is 0.727. The summed E-state index contributed by atoms with van der Waals surface area (Å²) >= 11 is 0. The minimum absolute atomic E-state index is 0.322. The van der Waals surface area contributed by atoms with Crippen molar-refractivity contribution in [3.63, 3.8) is 0 Å². The molecular weight excluding hydrogens is 227 g/mol. The largest absolute Gasteiger partial charge is 0.332 e. The van der Waals surface area contributed by atoms with Gasteiger partial charge in [-0.1, -0.05) is 13.3 Å². The first kappa shape index (κ1) is 13.4. The van der Waals surface area contributed by atoms with E-state index < -0.39 is 19.2 Å². The van der Waals surface area contributed by atoms with E-state index in [4.69, 9.17) is 9.79 Å². The van der Waals surface area contributed by atoms with Crippen LogP contribution in [0.2, 0.25) is 0 Å². The molecule has 2 N–H and O–H groups in total. The summed E-state index contributed by atoms with van der Waals surface area (Å²) in [7, 11) is -4.23. The van der Waals surface area contributed by atoms with Crippen LogP contribution in [0.3, 0.4) is 0 Å². The molecule has 0 aromatic heterocycles. The van der Waals surface area contributed by atoms with Crippen LogP contribution < -0.4 is 0 Å². The Morgan fingerprint density at radius 2 is 2.00 bits per heavy atom. The SMILES string of the molecule is CCC#CCC1(C(=O)CP(=O)(O)O)CCC1. The Hall–Kier alpha value is -0.620. The van der Waals surface area contributed by atoms with E-state index in [0.29, 0.717) is 19.3 Å². The van der Waals surface area contributed by atoms with Crippen molar-refractivity contribution >= 4 is 13.4 Å². The molecule has 1 saturated carbocycles. The van der Waals surface area contributed by atoms with Crippen molar-refractivity contribution in [2.75, 3.05) is 6.16 Å². The van der Waals surface area contributed by atoms with Crippen LogP contribution in [0, 0.1) is 17.3 Å². The lowest BCUT2D eigenvalue weighted by atomic mass is 9.64. The minimum atomic E-state index is -4.23. The molecule has 0 amide bonds. The van der Waals surface area contributed by atoms with Gasteiger partial charge in [0.05, 0.1) is 0 Å².